The average Bonchev–Trinajstić information content (AvgIpc) is 2.78. The summed E-state index contributed by atoms with van der Waals surface area (Å²) in [6.07, 6.45) is 0.666. The van der Waals surface area contributed by atoms with Gasteiger partial charge in [-0.2, -0.15) is 0 Å². The zero-order valence-corrected chi connectivity index (χ0v) is 11.1. The van der Waals surface area contributed by atoms with Crippen LogP contribution >= 0.6 is 11.3 Å². The number of nitrogens with zero attached hydrogens (tertiary/aromatic N) is 2. The number of methoxy groups -OCH3 is 1. The van der Waals surface area contributed by atoms with E-state index in [9.17, 15) is 9.59 Å². The molecule has 1 N–H and O–H groups in total. The second kappa shape index (κ2) is 5.45. The van der Waals surface area contributed by atoms with Crippen LogP contribution in [-0.4, -0.2) is 49.0 Å². The van der Waals surface area contributed by atoms with Crippen LogP contribution < -0.4 is 5.32 Å². The molecule has 1 unspecified atom stereocenters. The number of aromatic nitrogens is 1. The Hall–Kier alpha value is -1.47. The van der Waals surface area contributed by atoms with Gasteiger partial charge in [-0.15, -0.1) is 11.3 Å². The molecule has 1 aromatic heterocycles. The Balaban J connectivity index is 2.22. The van der Waals surface area contributed by atoms with E-state index in [0.29, 0.717) is 13.0 Å². The summed E-state index contributed by atoms with van der Waals surface area (Å²) in [5.41, 5.74) is 2.68. The summed E-state index contributed by atoms with van der Waals surface area (Å²) in [5.74, 6) is -0.512. The normalized spacial score (nSPS) is 19.3. The summed E-state index contributed by atoms with van der Waals surface area (Å²) in [4.78, 5) is 30.3. The van der Waals surface area contributed by atoms with Gasteiger partial charge in [0, 0.05) is 13.0 Å². The van der Waals surface area contributed by atoms with Crippen molar-refractivity contribution >= 4 is 23.2 Å². The fourth-order valence-electron chi connectivity index (χ4n) is 1.98. The Kier molecular flexibility index (Phi) is 3.93. The van der Waals surface area contributed by atoms with E-state index in [1.807, 2.05) is 0 Å². The van der Waals surface area contributed by atoms with Crippen molar-refractivity contribution in [3.63, 3.8) is 0 Å². The molecular formula is C11H15N3O3S. The minimum Gasteiger partial charge on any atom is -0.468 e. The number of esters is 1. The number of nitrogens with one attached hydrogen (secondary N) is 1. The van der Waals surface area contributed by atoms with Gasteiger partial charge >= 0.3 is 5.97 Å². The Morgan fingerprint density at radius 1 is 1.72 bits per heavy atom. The Labute approximate surface area is 109 Å². The van der Waals surface area contributed by atoms with Crippen LogP contribution in [0.25, 0.3) is 0 Å². The fraction of sp³-hybridized carbons (Fsp3) is 0.545. The summed E-state index contributed by atoms with van der Waals surface area (Å²) < 4.78 is 4.60. The second-order valence-corrected chi connectivity index (χ2v) is 4.86. The van der Waals surface area contributed by atoms with E-state index in [2.05, 4.69) is 15.0 Å². The van der Waals surface area contributed by atoms with Crippen molar-refractivity contribution in [2.24, 2.45) is 0 Å². The molecule has 0 spiro atoms. The molecule has 0 bridgehead atoms. The highest BCUT2D eigenvalue weighted by atomic mass is 32.1. The van der Waals surface area contributed by atoms with E-state index in [-0.39, 0.29) is 12.5 Å². The highest BCUT2D eigenvalue weighted by Gasteiger charge is 2.32. The molecule has 1 aromatic rings. The Morgan fingerprint density at radius 3 is 3.17 bits per heavy atom. The minimum atomic E-state index is -0.417. The molecule has 0 radical (unpaired) electrons. The molecule has 1 aliphatic rings. The van der Waals surface area contributed by atoms with E-state index in [0.717, 1.165) is 10.6 Å². The first-order valence-corrected chi connectivity index (χ1v) is 6.50. The van der Waals surface area contributed by atoms with Crippen molar-refractivity contribution in [1.29, 1.82) is 0 Å². The highest BCUT2D eigenvalue weighted by molar-refractivity contribution is 7.10. The second-order valence-electron chi connectivity index (χ2n) is 3.97. The SMILES string of the molecule is CNC1C(=O)N(CC(=O)OC)CCc2ncsc21. The molecule has 7 heteroatoms. The first kappa shape index (κ1) is 13.0. The van der Waals surface area contributed by atoms with Gasteiger partial charge in [0.2, 0.25) is 5.91 Å². The molecule has 1 aliphatic heterocycles. The van der Waals surface area contributed by atoms with Gasteiger partial charge in [0.1, 0.15) is 12.6 Å². The number of fused-ring (bicyclic) bond motifs is 1. The summed E-state index contributed by atoms with van der Waals surface area (Å²) in [6.45, 7) is 0.477. The van der Waals surface area contributed by atoms with Crippen molar-refractivity contribution < 1.29 is 14.3 Å². The van der Waals surface area contributed by atoms with Crippen LogP contribution in [0.1, 0.15) is 16.6 Å². The maximum Gasteiger partial charge on any atom is 0.325 e. The third-order valence-corrected chi connectivity index (χ3v) is 3.88. The number of rotatable bonds is 3. The standard InChI is InChI=1S/C11H15N3O3S/c1-12-9-10-7(13-6-18-10)3-4-14(11(9)16)5-8(15)17-2/h6,9,12H,3-5H2,1-2H3. The van der Waals surface area contributed by atoms with Gasteiger partial charge in [-0.25, -0.2) is 4.98 Å². The zero-order chi connectivity index (χ0) is 13.1. The van der Waals surface area contributed by atoms with E-state index in [1.165, 1.54) is 23.3 Å². The molecule has 6 nitrogen and oxygen atoms in total. The lowest BCUT2D eigenvalue weighted by molar-refractivity contribution is -0.147. The van der Waals surface area contributed by atoms with Crippen LogP contribution in [0.4, 0.5) is 0 Å². The van der Waals surface area contributed by atoms with Crippen molar-refractivity contribution in [2.75, 3.05) is 27.2 Å². The smallest absolute Gasteiger partial charge is 0.325 e. The average molecular weight is 269 g/mol. The number of carbonyl (C=O) groups is 2. The van der Waals surface area contributed by atoms with Gasteiger partial charge in [-0.3, -0.25) is 9.59 Å². The lowest BCUT2D eigenvalue weighted by Gasteiger charge is -2.22. The van der Waals surface area contributed by atoms with Crippen LogP contribution in [0.2, 0.25) is 0 Å². The molecule has 0 aliphatic carbocycles. The molecule has 0 saturated heterocycles. The highest BCUT2D eigenvalue weighted by Crippen LogP contribution is 2.27. The third-order valence-electron chi connectivity index (χ3n) is 2.95. The molecule has 1 atom stereocenters. The van der Waals surface area contributed by atoms with E-state index in [1.54, 1.807) is 12.6 Å². The molecule has 1 amide bonds. The molecular weight excluding hydrogens is 254 g/mol. The number of hydrogen-bond donors (Lipinski definition) is 1. The number of thiazole rings is 1. The fourth-order valence-corrected chi connectivity index (χ4v) is 2.92. The molecule has 0 aromatic carbocycles. The first-order valence-electron chi connectivity index (χ1n) is 5.62. The predicted molar refractivity (Wildman–Crippen MR) is 66.2 cm³/mol. The van der Waals surface area contributed by atoms with Crippen molar-refractivity contribution in [3.8, 4) is 0 Å². The molecule has 18 heavy (non-hydrogen) atoms. The van der Waals surface area contributed by atoms with E-state index in [4.69, 9.17) is 0 Å². The molecule has 0 saturated carbocycles. The van der Waals surface area contributed by atoms with Crippen LogP contribution in [0.15, 0.2) is 5.51 Å². The lowest BCUT2D eigenvalue weighted by Crippen LogP contribution is -2.41. The Bertz CT molecular complexity index is 460. The largest absolute Gasteiger partial charge is 0.468 e. The minimum absolute atomic E-state index is 0.0115. The van der Waals surface area contributed by atoms with E-state index < -0.39 is 12.0 Å². The molecule has 2 heterocycles. The summed E-state index contributed by atoms with van der Waals surface area (Å²) in [7, 11) is 3.05. The van der Waals surface area contributed by atoms with Crippen LogP contribution in [0.5, 0.6) is 0 Å². The van der Waals surface area contributed by atoms with E-state index >= 15 is 0 Å². The number of amides is 1. The maximum absolute atomic E-state index is 12.3. The summed E-state index contributed by atoms with van der Waals surface area (Å²) in [6, 6.07) is -0.417. The first-order chi connectivity index (χ1) is 8.67. The quantitative estimate of drug-likeness (QED) is 0.780. The van der Waals surface area contributed by atoms with Gasteiger partial charge in [0.05, 0.1) is 23.2 Å². The number of likely N-dealkylation sites (N-methyl/N-ethyl adjacent to an activating group) is 1. The van der Waals surface area contributed by atoms with Gasteiger partial charge in [0.15, 0.2) is 0 Å². The van der Waals surface area contributed by atoms with Crippen molar-refractivity contribution in [1.82, 2.24) is 15.2 Å². The summed E-state index contributed by atoms with van der Waals surface area (Å²) in [5, 5.41) is 2.98. The third kappa shape index (κ3) is 2.37. The summed E-state index contributed by atoms with van der Waals surface area (Å²) >= 11 is 1.46. The predicted octanol–water partition coefficient (Wildman–Crippen LogP) is -0.0387. The number of carbonyl (C=O) groups excluding carboxylic acids is 2. The molecule has 98 valence electrons. The van der Waals surface area contributed by atoms with Crippen LogP contribution in [0, 0.1) is 0 Å². The van der Waals surface area contributed by atoms with Gasteiger partial charge < -0.3 is 15.0 Å². The monoisotopic (exact) mass is 269 g/mol. The van der Waals surface area contributed by atoms with Gasteiger partial charge in [-0.1, -0.05) is 0 Å². The van der Waals surface area contributed by atoms with Crippen molar-refractivity contribution in [2.45, 2.75) is 12.5 Å². The molecule has 2 rings (SSSR count). The topological polar surface area (TPSA) is 71.5 Å². The lowest BCUT2D eigenvalue weighted by atomic mass is 10.2. The van der Waals surface area contributed by atoms with Crippen LogP contribution in [0.3, 0.4) is 0 Å². The van der Waals surface area contributed by atoms with Gasteiger partial charge in [-0.05, 0) is 7.05 Å². The number of ether oxygens (including phenoxy) is 1. The number of hydrogen-bond acceptors (Lipinski definition) is 6. The maximum atomic E-state index is 12.3. The zero-order valence-electron chi connectivity index (χ0n) is 10.3. The molecule has 0 fully saturated rings. The van der Waals surface area contributed by atoms with Crippen LogP contribution in [-0.2, 0) is 20.7 Å². The van der Waals surface area contributed by atoms with Gasteiger partial charge in [0.25, 0.3) is 0 Å². The van der Waals surface area contributed by atoms with Crippen molar-refractivity contribution in [3.05, 3.63) is 16.1 Å². The Morgan fingerprint density at radius 2 is 2.50 bits per heavy atom.